The molecular formula is C35H43ClN2O5S. The van der Waals surface area contributed by atoms with Crippen molar-refractivity contribution in [3.8, 4) is 18.1 Å². The minimum atomic E-state index is -3.79. The molecule has 0 saturated heterocycles. The quantitative estimate of drug-likeness (QED) is 0.257. The van der Waals surface area contributed by atoms with E-state index < -0.39 is 26.8 Å². The molecule has 3 aliphatic rings. The fourth-order valence-corrected chi connectivity index (χ4v) is 7.85. The number of benzene rings is 2. The number of ether oxygens (including phenoxy) is 2. The van der Waals surface area contributed by atoms with E-state index in [0.29, 0.717) is 25.4 Å². The van der Waals surface area contributed by atoms with Gasteiger partial charge in [-0.1, -0.05) is 36.6 Å². The number of nitrogens with one attached hydrogen (secondary N) is 1. The van der Waals surface area contributed by atoms with Gasteiger partial charge in [-0.25, -0.2) is 13.1 Å². The monoisotopic (exact) mass is 638 g/mol. The van der Waals surface area contributed by atoms with Gasteiger partial charge in [0.05, 0.1) is 17.5 Å². The number of terminal acetylenes is 1. The molecule has 0 aromatic heterocycles. The largest absolute Gasteiger partial charge is 0.490 e. The molecule has 1 amide bonds. The van der Waals surface area contributed by atoms with E-state index in [0.717, 1.165) is 49.2 Å². The van der Waals surface area contributed by atoms with Gasteiger partial charge in [-0.05, 0) is 106 Å². The van der Waals surface area contributed by atoms with E-state index in [9.17, 15) is 13.2 Å². The predicted octanol–water partition coefficient (Wildman–Crippen LogP) is 6.29. The van der Waals surface area contributed by atoms with Crippen molar-refractivity contribution in [2.75, 3.05) is 31.7 Å². The molecule has 1 saturated carbocycles. The van der Waals surface area contributed by atoms with Crippen molar-refractivity contribution in [3.63, 3.8) is 0 Å². The van der Waals surface area contributed by atoms with Crippen LogP contribution in [0.5, 0.6) is 5.75 Å². The first-order valence-electron chi connectivity index (χ1n) is 15.5. The van der Waals surface area contributed by atoms with E-state index in [1.165, 1.54) is 25.0 Å². The molecule has 1 N–H and O–H groups in total. The van der Waals surface area contributed by atoms with Crippen LogP contribution in [0.3, 0.4) is 0 Å². The van der Waals surface area contributed by atoms with E-state index in [2.05, 4.69) is 40.7 Å². The molecule has 236 valence electrons. The highest BCUT2D eigenvalue weighted by Gasteiger charge is 2.48. The Morgan fingerprint density at radius 3 is 2.75 bits per heavy atom. The van der Waals surface area contributed by atoms with Crippen molar-refractivity contribution < 1.29 is 22.7 Å². The summed E-state index contributed by atoms with van der Waals surface area (Å²) in [5.74, 6) is 3.34. The third-order valence-corrected chi connectivity index (χ3v) is 11.7. The molecule has 1 heterocycles. The number of carbonyl (C=O) groups excluding carboxylic acids is 1. The lowest BCUT2D eigenvalue weighted by Crippen LogP contribution is -2.52. The number of nitrogens with zero attached hydrogens (tertiary/aromatic N) is 1. The minimum absolute atomic E-state index is 0.129. The summed E-state index contributed by atoms with van der Waals surface area (Å²) >= 11 is 6.41. The van der Waals surface area contributed by atoms with Gasteiger partial charge in [0.1, 0.15) is 11.4 Å². The van der Waals surface area contributed by atoms with E-state index in [1.54, 1.807) is 25.3 Å². The van der Waals surface area contributed by atoms with Gasteiger partial charge in [0, 0.05) is 42.1 Å². The van der Waals surface area contributed by atoms with Crippen LogP contribution in [0.2, 0.25) is 5.02 Å². The first kappa shape index (κ1) is 32.4. The van der Waals surface area contributed by atoms with Gasteiger partial charge >= 0.3 is 0 Å². The van der Waals surface area contributed by atoms with Gasteiger partial charge < -0.3 is 14.4 Å². The first-order valence-corrected chi connectivity index (χ1v) is 17.5. The third-order valence-electron chi connectivity index (χ3n) is 9.74. The number of aryl methyl sites for hydroxylation is 1. The molecule has 2 aliphatic carbocycles. The maximum Gasteiger partial charge on any atom is 0.264 e. The minimum Gasteiger partial charge on any atom is -0.490 e. The second-order valence-electron chi connectivity index (χ2n) is 12.7. The number of rotatable bonds is 9. The third kappa shape index (κ3) is 6.11. The molecule has 1 aliphatic heterocycles. The zero-order valence-corrected chi connectivity index (χ0v) is 27.6. The zero-order chi connectivity index (χ0) is 31.7. The molecule has 4 atom stereocenters. The normalized spacial score (nSPS) is 24.4. The van der Waals surface area contributed by atoms with Crippen LogP contribution in [0.4, 0.5) is 5.69 Å². The smallest absolute Gasteiger partial charge is 0.264 e. The van der Waals surface area contributed by atoms with E-state index in [1.807, 2.05) is 12.1 Å². The van der Waals surface area contributed by atoms with Gasteiger partial charge in [0.25, 0.3) is 5.91 Å². The Hall–Kier alpha value is -2.99. The fraction of sp³-hybridized carbons (Fsp3) is 0.514. The maximum absolute atomic E-state index is 13.2. The molecule has 5 rings (SSSR count). The number of anilines is 1. The van der Waals surface area contributed by atoms with Gasteiger partial charge in [-0.15, -0.1) is 6.42 Å². The summed E-state index contributed by atoms with van der Waals surface area (Å²) in [4.78, 5) is 15.5. The number of halogens is 1. The Balaban J connectivity index is 1.55. The summed E-state index contributed by atoms with van der Waals surface area (Å²) in [6.45, 7) is 7.00. The maximum atomic E-state index is 13.2. The van der Waals surface area contributed by atoms with E-state index in [4.69, 9.17) is 27.5 Å². The second-order valence-corrected chi connectivity index (χ2v) is 15.4. The van der Waals surface area contributed by atoms with Crippen LogP contribution in [0.15, 0.2) is 48.6 Å². The van der Waals surface area contributed by atoms with Gasteiger partial charge in [-0.2, -0.15) is 0 Å². The number of methoxy groups -OCH3 is 1. The molecule has 2 aromatic carbocycles. The Labute approximate surface area is 267 Å². The predicted molar refractivity (Wildman–Crippen MR) is 176 cm³/mol. The lowest BCUT2D eigenvalue weighted by molar-refractivity contribution is -0.0349. The number of fused-ring (bicyclic) bond motifs is 3. The van der Waals surface area contributed by atoms with Gasteiger partial charge in [-0.3, -0.25) is 4.79 Å². The van der Waals surface area contributed by atoms with Crippen LogP contribution in [0.25, 0.3) is 0 Å². The summed E-state index contributed by atoms with van der Waals surface area (Å²) in [5.41, 5.74) is 2.46. The highest BCUT2D eigenvalue weighted by molar-refractivity contribution is 7.90. The molecule has 0 bridgehead atoms. The van der Waals surface area contributed by atoms with E-state index >= 15 is 0 Å². The molecule has 1 spiro atoms. The van der Waals surface area contributed by atoms with Crippen LogP contribution in [0, 0.1) is 24.2 Å². The molecule has 2 aromatic rings. The zero-order valence-electron chi connectivity index (χ0n) is 26.1. The van der Waals surface area contributed by atoms with Crippen molar-refractivity contribution in [2.24, 2.45) is 11.8 Å². The fourth-order valence-electron chi connectivity index (χ4n) is 7.05. The van der Waals surface area contributed by atoms with Crippen LogP contribution < -0.4 is 14.4 Å². The highest BCUT2D eigenvalue weighted by Crippen LogP contribution is 2.48. The van der Waals surface area contributed by atoms with Crippen LogP contribution in [0.1, 0.15) is 74.4 Å². The average molecular weight is 639 g/mol. The van der Waals surface area contributed by atoms with Crippen molar-refractivity contribution in [2.45, 2.75) is 75.6 Å². The molecular weight excluding hydrogens is 596 g/mol. The van der Waals surface area contributed by atoms with Crippen molar-refractivity contribution in [1.82, 2.24) is 4.72 Å². The number of hydrogen-bond donors (Lipinski definition) is 1. The summed E-state index contributed by atoms with van der Waals surface area (Å²) in [5, 5.41) is -0.00789. The van der Waals surface area contributed by atoms with Gasteiger partial charge in [0.15, 0.2) is 0 Å². The summed E-state index contributed by atoms with van der Waals surface area (Å²) in [6, 6.07) is 11.3. The first-order chi connectivity index (χ1) is 21.0. The molecule has 9 heteroatoms. The number of allylic oxidation sites excluding steroid dienone is 1. The standard InChI is InChI=1S/C35H43ClN2O5S/c1-6-8-18-35(7-2,42-5)30-14-11-27(30)21-38-22-34(17-9-10-25-19-28(36)13-15-29(25)34)23-43-32-16-12-26(20-31(32)38)33(39)37-44(40,41)24(3)4/h2,8,12-13,15-16,18-20,24,27,30H,6,9-11,14,17,21-23H2,1,3-5H3,(H,37,39)/b18-8+/t27-,30+,34-,35+/m0/s1. The van der Waals surface area contributed by atoms with Crippen molar-refractivity contribution in [1.29, 1.82) is 0 Å². The Bertz CT molecular complexity index is 1580. The lowest BCUT2D eigenvalue weighted by atomic mass is 9.64. The second kappa shape index (κ2) is 12.8. The molecule has 1 fully saturated rings. The summed E-state index contributed by atoms with van der Waals surface area (Å²) in [7, 11) is -2.11. The topological polar surface area (TPSA) is 84.9 Å². The van der Waals surface area contributed by atoms with Crippen LogP contribution in [-0.4, -0.2) is 52.0 Å². The number of hydrogen-bond acceptors (Lipinski definition) is 6. The van der Waals surface area contributed by atoms with E-state index in [-0.39, 0.29) is 22.8 Å². The number of carbonyl (C=O) groups is 1. The molecule has 44 heavy (non-hydrogen) atoms. The van der Waals surface area contributed by atoms with Crippen molar-refractivity contribution in [3.05, 3.63) is 70.3 Å². The SMILES string of the molecule is C#C[C@](/C=C/CC)(OC)[C@@H]1CC[C@H]1CN1C[C@@]2(CCCc3cc(Cl)ccc32)COc2ccc(C(=O)NS(=O)(=O)C(C)C)cc21. The lowest BCUT2D eigenvalue weighted by Gasteiger charge is -2.48. The highest BCUT2D eigenvalue weighted by atomic mass is 35.5. The number of amides is 1. The summed E-state index contributed by atoms with van der Waals surface area (Å²) in [6.07, 6.45) is 16.0. The molecule has 0 unspecified atom stereocenters. The van der Waals surface area contributed by atoms with Gasteiger partial charge in [0.2, 0.25) is 10.0 Å². The number of sulfonamides is 1. The van der Waals surface area contributed by atoms with Crippen LogP contribution >= 0.6 is 11.6 Å². The Kier molecular flexibility index (Phi) is 9.42. The Morgan fingerprint density at radius 1 is 1.30 bits per heavy atom. The summed E-state index contributed by atoms with van der Waals surface area (Å²) < 4.78 is 39.8. The molecule has 7 nitrogen and oxygen atoms in total. The van der Waals surface area contributed by atoms with Crippen molar-refractivity contribution >= 4 is 33.2 Å². The Morgan fingerprint density at radius 2 is 2.09 bits per heavy atom. The van der Waals surface area contributed by atoms with Crippen LogP contribution in [-0.2, 0) is 26.6 Å². The average Bonchev–Trinajstić information content (AvgIpc) is 3.13. The molecule has 0 radical (unpaired) electrons.